The molecule has 0 fully saturated rings. The van der Waals surface area contributed by atoms with E-state index in [9.17, 15) is 5.11 Å². The van der Waals surface area contributed by atoms with Crippen molar-refractivity contribution in [3.05, 3.63) is 54.4 Å². The van der Waals surface area contributed by atoms with Gasteiger partial charge < -0.3 is 10.4 Å². The van der Waals surface area contributed by atoms with Crippen molar-refractivity contribution in [3.63, 3.8) is 0 Å². The molecule has 2 rings (SSSR count). The molecule has 0 radical (unpaired) electrons. The lowest BCUT2D eigenvalue weighted by molar-refractivity contribution is 0.475. The fourth-order valence-electron chi connectivity index (χ4n) is 1.54. The number of aromatic hydroxyl groups is 1. The van der Waals surface area contributed by atoms with Crippen molar-refractivity contribution < 1.29 is 5.11 Å². The van der Waals surface area contributed by atoms with Crippen LogP contribution in [0.3, 0.4) is 0 Å². The Labute approximate surface area is 94.8 Å². The zero-order valence-corrected chi connectivity index (χ0v) is 9.09. The van der Waals surface area contributed by atoms with Gasteiger partial charge in [0.1, 0.15) is 5.75 Å². The number of phenolic OH excluding ortho intramolecular Hbond substituents is 1. The lowest BCUT2D eigenvalue weighted by Gasteiger charge is -2.15. The van der Waals surface area contributed by atoms with Gasteiger partial charge in [0.15, 0.2) is 0 Å². The molecule has 1 aromatic carbocycles. The monoisotopic (exact) mass is 214 g/mol. The normalized spacial score (nSPS) is 12.1. The molecule has 0 bridgehead atoms. The Bertz CT molecular complexity index is 439. The number of pyridine rings is 1. The zero-order valence-electron chi connectivity index (χ0n) is 9.09. The number of aromatic nitrogens is 1. The maximum absolute atomic E-state index is 9.17. The van der Waals surface area contributed by atoms with Crippen molar-refractivity contribution in [2.75, 3.05) is 5.32 Å². The van der Waals surface area contributed by atoms with Gasteiger partial charge in [-0.1, -0.05) is 0 Å². The van der Waals surface area contributed by atoms with E-state index in [0.29, 0.717) is 0 Å². The minimum atomic E-state index is 0.215. The van der Waals surface area contributed by atoms with Crippen molar-refractivity contribution >= 4 is 5.69 Å². The van der Waals surface area contributed by atoms with E-state index in [-0.39, 0.29) is 11.8 Å². The third kappa shape index (κ3) is 2.51. The topological polar surface area (TPSA) is 45.1 Å². The van der Waals surface area contributed by atoms with Gasteiger partial charge >= 0.3 is 0 Å². The molecule has 1 aromatic heterocycles. The van der Waals surface area contributed by atoms with E-state index in [0.717, 1.165) is 5.69 Å². The third-order valence-corrected chi connectivity index (χ3v) is 2.46. The Balaban J connectivity index is 2.08. The van der Waals surface area contributed by atoms with Crippen LogP contribution in [0.15, 0.2) is 48.8 Å². The molecule has 0 saturated carbocycles. The average molecular weight is 214 g/mol. The third-order valence-electron chi connectivity index (χ3n) is 2.46. The first kappa shape index (κ1) is 10.5. The maximum atomic E-state index is 9.17. The van der Waals surface area contributed by atoms with Crippen molar-refractivity contribution in [3.8, 4) is 5.75 Å². The Morgan fingerprint density at radius 2 is 1.69 bits per heavy atom. The molecule has 1 unspecified atom stereocenters. The molecule has 2 aromatic rings. The van der Waals surface area contributed by atoms with Crippen LogP contribution in [0.25, 0.3) is 0 Å². The Kier molecular flexibility index (Phi) is 3.05. The van der Waals surface area contributed by atoms with Crippen molar-refractivity contribution in [2.45, 2.75) is 13.0 Å². The predicted octanol–water partition coefficient (Wildman–Crippen LogP) is 2.96. The number of phenols is 1. The number of benzene rings is 1. The van der Waals surface area contributed by atoms with Gasteiger partial charge in [-0.05, 0) is 48.9 Å². The summed E-state index contributed by atoms with van der Waals surface area (Å²) in [6.07, 6.45) is 3.56. The molecule has 2 N–H and O–H groups in total. The molecule has 0 spiro atoms. The molecular weight excluding hydrogens is 200 g/mol. The minimum absolute atomic E-state index is 0.215. The SMILES string of the molecule is CC(Nc1ccc(O)cc1)c1ccncc1. The average Bonchev–Trinajstić information content (AvgIpc) is 2.33. The fourth-order valence-corrected chi connectivity index (χ4v) is 1.54. The predicted molar refractivity (Wildman–Crippen MR) is 64.4 cm³/mol. The van der Waals surface area contributed by atoms with Gasteiger partial charge in [-0.15, -0.1) is 0 Å². The number of hydrogen-bond acceptors (Lipinski definition) is 3. The van der Waals surface area contributed by atoms with Crippen LogP contribution in [0.5, 0.6) is 5.75 Å². The Morgan fingerprint density at radius 3 is 2.31 bits per heavy atom. The highest BCUT2D eigenvalue weighted by molar-refractivity contribution is 5.47. The van der Waals surface area contributed by atoms with Crippen LogP contribution < -0.4 is 5.32 Å². The van der Waals surface area contributed by atoms with Gasteiger partial charge in [-0.3, -0.25) is 4.98 Å². The number of nitrogens with zero attached hydrogens (tertiary/aromatic N) is 1. The van der Waals surface area contributed by atoms with E-state index in [1.807, 2.05) is 24.3 Å². The lowest BCUT2D eigenvalue weighted by atomic mass is 10.1. The molecule has 0 aliphatic carbocycles. The van der Waals surface area contributed by atoms with Crippen LogP contribution in [-0.2, 0) is 0 Å². The van der Waals surface area contributed by atoms with E-state index >= 15 is 0 Å². The molecule has 82 valence electrons. The van der Waals surface area contributed by atoms with Gasteiger partial charge in [0.25, 0.3) is 0 Å². The summed E-state index contributed by atoms with van der Waals surface area (Å²) >= 11 is 0. The van der Waals surface area contributed by atoms with Crippen LogP contribution in [0, 0.1) is 0 Å². The number of rotatable bonds is 3. The fraction of sp³-hybridized carbons (Fsp3) is 0.154. The van der Waals surface area contributed by atoms with E-state index < -0.39 is 0 Å². The molecule has 16 heavy (non-hydrogen) atoms. The molecule has 1 atom stereocenters. The number of anilines is 1. The van der Waals surface area contributed by atoms with Gasteiger partial charge in [0.05, 0.1) is 0 Å². The quantitative estimate of drug-likeness (QED) is 0.772. The summed E-state index contributed by atoms with van der Waals surface area (Å²) in [6, 6.07) is 11.2. The molecular formula is C13H14N2O. The molecule has 0 aliphatic heterocycles. The first-order valence-electron chi connectivity index (χ1n) is 5.21. The van der Waals surface area contributed by atoms with Crippen LogP contribution in [0.2, 0.25) is 0 Å². The summed E-state index contributed by atoms with van der Waals surface area (Å²) in [5.74, 6) is 0.280. The van der Waals surface area contributed by atoms with E-state index in [1.165, 1.54) is 5.56 Å². The van der Waals surface area contributed by atoms with Crippen molar-refractivity contribution in [2.24, 2.45) is 0 Å². The molecule has 0 aliphatic rings. The Morgan fingerprint density at radius 1 is 1.06 bits per heavy atom. The second-order valence-electron chi connectivity index (χ2n) is 3.69. The summed E-state index contributed by atoms with van der Waals surface area (Å²) < 4.78 is 0. The minimum Gasteiger partial charge on any atom is -0.508 e. The summed E-state index contributed by atoms with van der Waals surface area (Å²) in [7, 11) is 0. The second-order valence-corrected chi connectivity index (χ2v) is 3.69. The summed E-state index contributed by atoms with van der Waals surface area (Å²) in [4.78, 5) is 3.99. The molecule has 3 nitrogen and oxygen atoms in total. The van der Waals surface area contributed by atoms with Gasteiger partial charge in [0.2, 0.25) is 0 Å². The molecule has 0 amide bonds. The van der Waals surface area contributed by atoms with Gasteiger partial charge in [-0.25, -0.2) is 0 Å². The van der Waals surface area contributed by atoms with E-state index in [2.05, 4.69) is 17.2 Å². The maximum Gasteiger partial charge on any atom is 0.115 e. The largest absolute Gasteiger partial charge is 0.508 e. The first-order valence-corrected chi connectivity index (χ1v) is 5.21. The van der Waals surface area contributed by atoms with Crippen molar-refractivity contribution in [1.29, 1.82) is 0 Å². The molecule has 3 heteroatoms. The van der Waals surface area contributed by atoms with Crippen LogP contribution in [0.1, 0.15) is 18.5 Å². The van der Waals surface area contributed by atoms with Crippen LogP contribution >= 0.6 is 0 Å². The van der Waals surface area contributed by atoms with Crippen LogP contribution in [0.4, 0.5) is 5.69 Å². The second kappa shape index (κ2) is 4.66. The number of hydrogen-bond donors (Lipinski definition) is 2. The zero-order chi connectivity index (χ0) is 11.4. The van der Waals surface area contributed by atoms with Crippen LogP contribution in [-0.4, -0.2) is 10.1 Å². The number of nitrogens with one attached hydrogen (secondary N) is 1. The van der Waals surface area contributed by atoms with Gasteiger partial charge in [0, 0.05) is 24.1 Å². The summed E-state index contributed by atoms with van der Waals surface area (Å²) in [5.41, 5.74) is 2.17. The van der Waals surface area contributed by atoms with Crippen molar-refractivity contribution in [1.82, 2.24) is 4.98 Å². The van der Waals surface area contributed by atoms with E-state index in [4.69, 9.17) is 0 Å². The highest BCUT2D eigenvalue weighted by Gasteiger charge is 2.04. The highest BCUT2D eigenvalue weighted by atomic mass is 16.3. The summed E-state index contributed by atoms with van der Waals surface area (Å²) in [6.45, 7) is 2.09. The van der Waals surface area contributed by atoms with E-state index in [1.54, 1.807) is 24.5 Å². The smallest absolute Gasteiger partial charge is 0.115 e. The Hall–Kier alpha value is -2.03. The molecule has 0 saturated heterocycles. The highest BCUT2D eigenvalue weighted by Crippen LogP contribution is 2.20. The van der Waals surface area contributed by atoms with Gasteiger partial charge in [-0.2, -0.15) is 0 Å². The standard InChI is InChI=1S/C13H14N2O/c1-10(11-6-8-14-9-7-11)15-12-2-4-13(16)5-3-12/h2-10,15-16H,1H3. The summed E-state index contributed by atoms with van der Waals surface area (Å²) in [5, 5.41) is 12.5. The molecule has 1 heterocycles. The lowest BCUT2D eigenvalue weighted by Crippen LogP contribution is -2.06. The first-order chi connectivity index (χ1) is 7.75.